The van der Waals surface area contributed by atoms with Gasteiger partial charge in [-0.2, -0.15) is 4.72 Å². The SMILES string of the molecule is Cc1cc(S(=O)(=O)NC2CCN(C)C2=O)c(F)cc1F. The Kier molecular flexibility index (Phi) is 3.79. The zero-order chi connectivity index (χ0) is 15.1. The summed E-state index contributed by atoms with van der Waals surface area (Å²) in [5, 5.41) is 0. The molecule has 1 unspecified atom stereocenters. The van der Waals surface area contributed by atoms with Gasteiger partial charge >= 0.3 is 0 Å². The van der Waals surface area contributed by atoms with Crippen LogP contribution in [0.4, 0.5) is 8.78 Å². The van der Waals surface area contributed by atoms with Gasteiger partial charge in [0.2, 0.25) is 15.9 Å². The van der Waals surface area contributed by atoms with E-state index in [4.69, 9.17) is 0 Å². The van der Waals surface area contributed by atoms with Gasteiger partial charge in [-0.1, -0.05) is 0 Å². The number of rotatable bonds is 3. The number of aryl methyl sites for hydroxylation is 1. The Morgan fingerprint density at radius 3 is 2.50 bits per heavy atom. The molecule has 1 fully saturated rings. The molecular weight excluding hydrogens is 290 g/mol. The molecule has 0 spiro atoms. The smallest absolute Gasteiger partial charge is 0.244 e. The van der Waals surface area contributed by atoms with E-state index >= 15 is 0 Å². The molecule has 1 aromatic rings. The summed E-state index contributed by atoms with van der Waals surface area (Å²) < 4.78 is 53.1. The minimum absolute atomic E-state index is 0.0154. The molecule has 1 aromatic carbocycles. The monoisotopic (exact) mass is 304 g/mol. The van der Waals surface area contributed by atoms with Crippen LogP contribution in [0.15, 0.2) is 17.0 Å². The van der Waals surface area contributed by atoms with Crippen LogP contribution in [0.25, 0.3) is 0 Å². The van der Waals surface area contributed by atoms with Gasteiger partial charge in [0, 0.05) is 19.7 Å². The third-order valence-corrected chi connectivity index (χ3v) is 4.71. The van der Waals surface area contributed by atoms with Gasteiger partial charge in [0.15, 0.2) is 0 Å². The number of likely N-dealkylation sites (tertiary alicyclic amines) is 1. The van der Waals surface area contributed by atoms with E-state index in [-0.39, 0.29) is 11.5 Å². The first-order valence-corrected chi connectivity index (χ1v) is 7.43. The van der Waals surface area contributed by atoms with Crippen molar-refractivity contribution in [1.82, 2.24) is 9.62 Å². The van der Waals surface area contributed by atoms with Crippen molar-refractivity contribution in [2.45, 2.75) is 24.3 Å². The minimum atomic E-state index is -4.21. The Morgan fingerprint density at radius 1 is 1.30 bits per heavy atom. The Bertz CT molecular complexity index is 661. The summed E-state index contributed by atoms with van der Waals surface area (Å²) in [5.74, 6) is -2.37. The molecule has 1 atom stereocenters. The van der Waals surface area contributed by atoms with Gasteiger partial charge in [0.25, 0.3) is 0 Å². The molecule has 20 heavy (non-hydrogen) atoms. The molecule has 1 aliphatic heterocycles. The molecule has 1 amide bonds. The maximum atomic E-state index is 13.6. The van der Waals surface area contributed by atoms with Crippen molar-refractivity contribution < 1.29 is 22.0 Å². The van der Waals surface area contributed by atoms with Crippen molar-refractivity contribution in [2.75, 3.05) is 13.6 Å². The molecule has 0 aliphatic carbocycles. The van der Waals surface area contributed by atoms with E-state index in [1.807, 2.05) is 0 Å². The first-order valence-electron chi connectivity index (χ1n) is 5.95. The fourth-order valence-corrected chi connectivity index (χ4v) is 3.39. The molecule has 0 saturated carbocycles. The van der Waals surface area contributed by atoms with Crippen LogP contribution in [-0.2, 0) is 14.8 Å². The highest BCUT2D eigenvalue weighted by Gasteiger charge is 2.34. The molecule has 1 heterocycles. The lowest BCUT2D eigenvalue weighted by Crippen LogP contribution is -2.40. The van der Waals surface area contributed by atoms with Crippen LogP contribution >= 0.6 is 0 Å². The molecule has 1 saturated heterocycles. The quantitative estimate of drug-likeness (QED) is 0.897. The van der Waals surface area contributed by atoms with Crippen LogP contribution in [0, 0.1) is 18.6 Å². The molecule has 1 aliphatic rings. The van der Waals surface area contributed by atoms with Gasteiger partial charge in [-0.05, 0) is 25.0 Å². The summed E-state index contributed by atoms with van der Waals surface area (Å²) in [7, 11) is -2.65. The summed E-state index contributed by atoms with van der Waals surface area (Å²) in [6.45, 7) is 1.76. The van der Waals surface area contributed by atoms with Gasteiger partial charge in [-0.15, -0.1) is 0 Å². The van der Waals surface area contributed by atoms with Crippen molar-refractivity contribution in [1.29, 1.82) is 0 Å². The van der Waals surface area contributed by atoms with Crippen molar-refractivity contribution in [3.63, 3.8) is 0 Å². The fraction of sp³-hybridized carbons (Fsp3) is 0.417. The molecule has 2 rings (SSSR count). The Labute approximate surface area is 115 Å². The largest absolute Gasteiger partial charge is 0.344 e. The molecule has 5 nitrogen and oxygen atoms in total. The van der Waals surface area contributed by atoms with E-state index in [2.05, 4.69) is 4.72 Å². The lowest BCUT2D eigenvalue weighted by atomic mass is 10.2. The molecular formula is C12H14F2N2O3S. The number of benzene rings is 1. The van der Waals surface area contributed by atoms with Crippen LogP contribution in [0.2, 0.25) is 0 Å². The Balaban J connectivity index is 2.32. The summed E-state index contributed by atoms with van der Waals surface area (Å²) in [6, 6.07) is 0.526. The number of carbonyl (C=O) groups is 1. The Morgan fingerprint density at radius 2 is 1.95 bits per heavy atom. The maximum Gasteiger partial charge on any atom is 0.244 e. The predicted octanol–water partition coefficient (Wildman–Crippen LogP) is 0.782. The topological polar surface area (TPSA) is 66.5 Å². The average molecular weight is 304 g/mol. The second-order valence-electron chi connectivity index (χ2n) is 4.75. The van der Waals surface area contributed by atoms with Crippen molar-refractivity contribution in [3.05, 3.63) is 29.3 Å². The number of hydrogen-bond acceptors (Lipinski definition) is 3. The summed E-state index contributed by atoms with van der Waals surface area (Å²) >= 11 is 0. The van der Waals surface area contributed by atoms with E-state index < -0.39 is 32.6 Å². The third-order valence-electron chi connectivity index (χ3n) is 3.23. The zero-order valence-electron chi connectivity index (χ0n) is 11.0. The van der Waals surface area contributed by atoms with E-state index in [1.54, 1.807) is 7.05 Å². The lowest BCUT2D eigenvalue weighted by molar-refractivity contribution is -0.127. The number of amides is 1. The van der Waals surface area contributed by atoms with E-state index in [0.29, 0.717) is 19.0 Å². The van der Waals surface area contributed by atoms with Crippen molar-refractivity contribution in [3.8, 4) is 0 Å². The molecule has 0 bridgehead atoms. The second kappa shape index (κ2) is 5.10. The maximum absolute atomic E-state index is 13.6. The number of hydrogen-bond donors (Lipinski definition) is 1. The van der Waals surface area contributed by atoms with Crippen molar-refractivity contribution >= 4 is 15.9 Å². The van der Waals surface area contributed by atoms with Crippen LogP contribution in [0.3, 0.4) is 0 Å². The summed E-state index contributed by atoms with van der Waals surface area (Å²) in [4.78, 5) is 12.4. The van der Waals surface area contributed by atoms with Gasteiger partial charge in [0.1, 0.15) is 22.6 Å². The highest BCUT2D eigenvalue weighted by molar-refractivity contribution is 7.89. The van der Waals surface area contributed by atoms with E-state index in [1.165, 1.54) is 11.8 Å². The fourth-order valence-electron chi connectivity index (χ4n) is 2.02. The summed E-state index contributed by atoms with van der Waals surface area (Å²) in [6.07, 6.45) is 0.316. The Hall–Kier alpha value is -1.54. The van der Waals surface area contributed by atoms with Crippen LogP contribution in [-0.4, -0.2) is 38.9 Å². The predicted molar refractivity (Wildman–Crippen MR) is 67.5 cm³/mol. The molecule has 0 radical (unpaired) electrons. The first-order chi connectivity index (χ1) is 9.22. The van der Waals surface area contributed by atoms with Crippen LogP contribution < -0.4 is 4.72 Å². The minimum Gasteiger partial charge on any atom is -0.344 e. The standard InChI is InChI=1S/C12H14F2N2O3S/c1-7-5-11(9(14)6-8(7)13)20(18,19)15-10-3-4-16(2)12(10)17/h5-6,10,15H,3-4H2,1-2H3. The van der Waals surface area contributed by atoms with Gasteiger partial charge in [0.05, 0.1) is 0 Å². The molecule has 8 heteroatoms. The lowest BCUT2D eigenvalue weighted by Gasteiger charge is -2.13. The number of carbonyl (C=O) groups excluding carboxylic acids is 1. The number of nitrogens with one attached hydrogen (secondary N) is 1. The van der Waals surface area contributed by atoms with E-state index in [9.17, 15) is 22.0 Å². The van der Waals surface area contributed by atoms with Gasteiger partial charge in [-0.25, -0.2) is 17.2 Å². The summed E-state index contributed by atoms with van der Waals surface area (Å²) in [5.41, 5.74) is 0.0154. The number of likely N-dealkylation sites (N-methyl/N-ethyl adjacent to an activating group) is 1. The van der Waals surface area contributed by atoms with Crippen LogP contribution in [0.5, 0.6) is 0 Å². The first kappa shape index (κ1) is 14.9. The highest BCUT2D eigenvalue weighted by atomic mass is 32.2. The van der Waals surface area contributed by atoms with Crippen LogP contribution in [0.1, 0.15) is 12.0 Å². The van der Waals surface area contributed by atoms with Crippen molar-refractivity contribution in [2.24, 2.45) is 0 Å². The van der Waals surface area contributed by atoms with E-state index in [0.717, 1.165) is 6.07 Å². The second-order valence-corrected chi connectivity index (χ2v) is 6.44. The number of sulfonamides is 1. The van der Waals surface area contributed by atoms with Gasteiger partial charge in [-0.3, -0.25) is 4.79 Å². The van der Waals surface area contributed by atoms with Gasteiger partial charge < -0.3 is 4.90 Å². The molecule has 1 N–H and O–H groups in total. The zero-order valence-corrected chi connectivity index (χ0v) is 11.8. The highest BCUT2D eigenvalue weighted by Crippen LogP contribution is 2.20. The molecule has 0 aromatic heterocycles. The normalized spacial score (nSPS) is 19.7. The number of nitrogens with zero attached hydrogens (tertiary/aromatic N) is 1. The average Bonchev–Trinajstić information content (AvgIpc) is 2.65. The molecule has 110 valence electrons. The third kappa shape index (κ3) is 2.66. The number of halogens is 2.